The molecule has 1 amide bonds. The van der Waals surface area contributed by atoms with E-state index < -0.39 is 0 Å². The van der Waals surface area contributed by atoms with E-state index in [1.165, 1.54) is 24.0 Å². The Morgan fingerprint density at radius 3 is 2.68 bits per heavy atom. The first kappa shape index (κ1) is 16.0. The van der Waals surface area contributed by atoms with Crippen LogP contribution in [0.4, 0.5) is 0 Å². The lowest BCUT2D eigenvalue weighted by Crippen LogP contribution is -2.29. The summed E-state index contributed by atoms with van der Waals surface area (Å²) >= 11 is 0. The summed E-state index contributed by atoms with van der Waals surface area (Å²) in [4.78, 5) is 12.0. The molecular weight excluding hydrogens is 260 g/mol. The number of hydrogen-bond acceptors (Lipinski definition) is 2. The molecule has 1 aromatic rings. The number of fused-ring (bicyclic) bond motifs is 1. The summed E-state index contributed by atoms with van der Waals surface area (Å²) in [5, 5.41) is 2.92. The van der Waals surface area contributed by atoms with Gasteiger partial charge in [0.15, 0.2) is 0 Å². The Balaban J connectivity index is 0.00000180. The topological polar surface area (TPSA) is 55.1 Å². The second kappa shape index (κ2) is 7.51. The van der Waals surface area contributed by atoms with Crippen molar-refractivity contribution in [2.24, 2.45) is 5.73 Å². The van der Waals surface area contributed by atoms with E-state index in [9.17, 15) is 4.79 Å². The minimum atomic E-state index is 0. The second-order valence-electron chi connectivity index (χ2n) is 5.21. The Kier molecular flexibility index (Phi) is 6.32. The molecule has 4 heteroatoms. The van der Waals surface area contributed by atoms with E-state index in [0.717, 1.165) is 24.8 Å². The molecule has 1 aliphatic rings. The molecule has 3 N–H and O–H groups in total. The molecule has 3 nitrogen and oxygen atoms in total. The van der Waals surface area contributed by atoms with Gasteiger partial charge in [-0.3, -0.25) is 4.79 Å². The first-order valence-electron chi connectivity index (χ1n) is 6.82. The van der Waals surface area contributed by atoms with Gasteiger partial charge in [0.05, 0.1) is 0 Å². The lowest BCUT2D eigenvalue weighted by Gasteiger charge is -2.16. The summed E-state index contributed by atoms with van der Waals surface area (Å²) in [6, 6.07) is 6.23. The van der Waals surface area contributed by atoms with E-state index >= 15 is 0 Å². The normalized spacial score (nSPS) is 15.1. The van der Waals surface area contributed by atoms with Gasteiger partial charge in [0, 0.05) is 18.2 Å². The molecule has 2 rings (SSSR count). The average molecular weight is 283 g/mol. The fourth-order valence-corrected chi connectivity index (χ4v) is 2.39. The van der Waals surface area contributed by atoms with Crippen molar-refractivity contribution in [3.8, 4) is 0 Å². The number of carbonyl (C=O) groups is 1. The summed E-state index contributed by atoms with van der Waals surface area (Å²) in [6.07, 6.45) is 5.59. The van der Waals surface area contributed by atoms with Crippen molar-refractivity contribution in [3.63, 3.8) is 0 Å². The highest BCUT2D eigenvalue weighted by Gasteiger charge is 2.12. The summed E-state index contributed by atoms with van der Waals surface area (Å²) in [7, 11) is 0. The van der Waals surface area contributed by atoms with Crippen molar-refractivity contribution in [3.05, 3.63) is 34.9 Å². The van der Waals surface area contributed by atoms with E-state index in [1.807, 2.05) is 13.0 Å². The first-order chi connectivity index (χ1) is 8.66. The van der Waals surface area contributed by atoms with Gasteiger partial charge in [-0.1, -0.05) is 6.07 Å². The molecule has 1 aromatic carbocycles. The monoisotopic (exact) mass is 282 g/mol. The summed E-state index contributed by atoms with van der Waals surface area (Å²) < 4.78 is 0. The zero-order valence-electron chi connectivity index (χ0n) is 11.4. The molecular formula is C15H23ClN2O. The van der Waals surface area contributed by atoms with Crippen LogP contribution in [0.5, 0.6) is 0 Å². The quantitative estimate of drug-likeness (QED) is 0.891. The first-order valence-corrected chi connectivity index (χ1v) is 6.82. The van der Waals surface area contributed by atoms with E-state index in [4.69, 9.17) is 5.73 Å². The standard InChI is InChI=1S/C15H22N2O.ClH/c1-11(16)8-9-17-15(18)14-7-6-12-4-2-3-5-13(12)10-14;/h6-7,10-11H,2-5,8-9,16H2,1H3,(H,17,18);1H. The fraction of sp³-hybridized carbons (Fsp3) is 0.533. The molecule has 0 saturated carbocycles. The highest BCUT2D eigenvalue weighted by molar-refractivity contribution is 5.94. The van der Waals surface area contributed by atoms with Crippen LogP contribution in [0.15, 0.2) is 18.2 Å². The Bertz CT molecular complexity index is 432. The third kappa shape index (κ3) is 4.51. The number of hydrogen-bond donors (Lipinski definition) is 2. The average Bonchev–Trinajstić information content (AvgIpc) is 2.37. The Labute approximate surface area is 121 Å². The third-order valence-electron chi connectivity index (χ3n) is 3.50. The van der Waals surface area contributed by atoms with Gasteiger partial charge in [0.2, 0.25) is 0 Å². The van der Waals surface area contributed by atoms with Gasteiger partial charge in [0.25, 0.3) is 5.91 Å². The highest BCUT2D eigenvalue weighted by atomic mass is 35.5. The van der Waals surface area contributed by atoms with Crippen LogP contribution >= 0.6 is 12.4 Å². The minimum Gasteiger partial charge on any atom is -0.352 e. The number of amides is 1. The summed E-state index contributed by atoms with van der Waals surface area (Å²) in [5.41, 5.74) is 9.19. The minimum absolute atomic E-state index is 0. The molecule has 0 fully saturated rings. The van der Waals surface area contributed by atoms with Gasteiger partial charge in [0.1, 0.15) is 0 Å². The second-order valence-corrected chi connectivity index (χ2v) is 5.21. The van der Waals surface area contributed by atoms with Crippen LogP contribution in [0.3, 0.4) is 0 Å². The fourth-order valence-electron chi connectivity index (χ4n) is 2.39. The molecule has 0 spiro atoms. The van der Waals surface area contributed by atoms with Crippen molar-refractivity contribution in [1.82, 2.24) is 5.32 Å². The van der Waals surface area contributed by atoms with Gasteiger partial charge >= 0.3 is 0 Å². The van der Waals surface area contributed by atoms with Crippen molar-refractivity contribution in [1.29, 1.82) is 0 Å². The molecule has 0 radical (unpaired) electrons. The Morgan fingerprint density at radius 1 is 1.32 bits per heavy atom. The van der Waals surface area contributed by atoms with Crippen LogP contribution in [0.2, 0.25) is 0 Å². The molecule has 0 heterocycles. The number of rotatable bonds is 4. The zero-order valence-corrected chi connectivity index (χ0v) is 12.3. The maximum atomic E-state index is 12.0. The van der Waals surface area contributed by atoms with E-state index in [-0.39, 0.29) is 24.4 Å². The molecule has 0 saturated heterocycles. The maximum absolute atomic E-state index is 12.0. The number of carbonyl (C=O) groups excluding carboxylic acids is 1. The third-order valence-corrected chi connectivity index (χ3v) is 3.50. The van der Waals surface area contributed by atoms with Gasteiger partial charge in [-0.05, 0) is 62.3 Å². The van der Waals surface area contributed by atoms with Crippen LogP contribution in [0.1, 0.15) is 47.7 Å². The summed E-state index contributed by atoms with van der Waals surface area (Å²) in [5.74, 6) is 0.0176. The predicted molar refractivity (Wildman–Crippen MR) is 80.9 cm³/mol. The van der Waals surface area contributed by atoms with Crippen LogP contribution in [0.25, 0.3) is 0 Å². The summed E-state index contributed by atoms with van der Waals surface area (Å²) in [6.45, 7) is 2.60. The van der Waals surface area contributed by atoms with Gasteiger partial charge in [-0.15, -0.1) is 12.4 Å². The van der Waals surface area contributed by atoms with E-state index in [2.05, 4.69) is 17.4 Å². The maximum Gasteiger partial charge on any atom is 0.251 e. The van der Waals surface area contributed by atoms with Gasteiger partial charge < -0.3 is 11.1 Å². The van der Waals surface area contributed by atoms with Gasteiger partial charge in [-0.25, -0.2) is 0 Å². The van der Waals surface area contributed by atoms with Crippen molar-refractivity contribution < 1.29 is 4.79 Å². The Morgan fingerprint density at radius 2 is 2.00 bits per heavy atom. The van der Waals surface area contributed by atoms with Crippen LogP contribution in [-0.2, 0) is 12.8 Å². The zero-order chi connectivity index (χ0) is 13.0. The number of nitrogens with one attached hydrogen (secondary N) is 1. The molecule has 1 atom stereocenters. The molecule has 0 bridgehead atoms. The highest BCUT2D eigenvalue weighted by Crippen LogP contribution is 2.22. The predicted octanol–water partition coefficient (Wildman–Crippen LogP) is 2.45. The smallest absolute Gasteiger partial charge is 0.251 e. The van der Waals surface area contributed by atoms with Crippen LogP contribution in [-0.4, -0.2) is 18.5 Å². The van der Waals surface area contributed by atoms with Crippen LogP contribution in [0, 0.1) is 0 Å². The SMILES string of the molecule is CC(N)CCNC(=O)c1ccc2c(c1)CCCC2.Cl. The molecule has 1 unspecified atom stereocenters. The van der Waals surface area contributed by atoms with E-state index in [1.54, 1.807) is 0 Å². The molecule has 1 aliphatic carbocycles. The van der Waals surface area contributed by atoms with Crippen molar-refractivity contribution in [2.75, 3.05) is 6.54 Å². The number of benzene rings is 1. The number of aryl methyl sites for hydroxylation is 2. The molecule has 19 heavy (non-hydrogen) atoms. The van der Waals surface area contributed by atoms with Crippen LogP contribution < -0.4 is 11.1 Å². The molecule has 106 valence electrons. The Hall–Kier alpha value is -1.06. The van der Waals surface area contributed by atoms with Crippen molar-refractivity contribution in [2.45, 2.75) is 45.1 Å². The molecule has 0 aromatic heterocycles. The number of halogens is 1. The molecule has 0 aliphatic heterocycles. The largest absolute Gasteiger partial charge is 0.352 e. The van der Waals surface area contributed by atoms with Gasteiger partial charge in [-0.2, -0.15) is 0 Å². The lowest BCUT2D eigenvalue weighted by molar-refractivity contribution is 0.0952. The van der Waals surface area contributed by atoms with E-state index in [0.29, 0.717) is 6.54 Å². The number of nitrogens with two attached hydrogens (primary N) is 1. The van der Waals surface area contributed by atoms with Crippen molar-refractivity contribution >= 4 is 18.3 Å². The lowest BCUT2D eigenvalue weighted by atomic mass is 9.90.